The number of amides is 9. The maximum Gasteiger partial charge on any atom is 0.255 e. The number of nitrogens with one attached hydrogen (secondary N) is 6. The summed E-state index contributed by atoms with van der Waals surface area (Å²) in [5.41, 5.74) is 7.23. The van der Waals surface area contributed by atoms with Crippen LogP contribution in [0.4, 0.5) is 0 Å². The lowest BCUT2D eigenvalue weighted by Crippen LogP contribution is -2.44. The molecule has 0 radical (unpaired) electrons. The second kappa shape index (κ2) is 35.3. The molecule has 9 rings (SSSR count). The van der Waals surface area contributed by atoms with Gasteiger partial charge in [-0.15, -0.1) is 0 Å². The number of carbonyl (C=O) groups is 9. The van der Waals surface area contributed by atoms with Gasteiger partial charge in [-0.1, -0.05) is 18.2 Å². The SMILES string of the molecule is Cc1ccc(C(=O)NCCNC(=O)c2ccc(-c3ccc(C(=O)N(C)CCN(CCN(C)C(=O)c4ccc(-c5ccc(C(=O)NCCNC(=O)c6ccc(C)cc6O)cn5)nc4)CCN(C)C(=O)c4ccc(-c5ccc(C(=O)NCCNC(=O)c6ccc(C)cc6O)cn5)nc4)cn3)nc2)c(O)c1. The summed E-state index contributed by atoms with van der Waals surface area (Å²) < 4.78 is 0. The molecular weight excluding hydrogens is 1320 g/mol. The van der Waals surface area contributed by atoms with Crippen LogP contribution in [0.3, 0.4) is 0 Å². The Morgan fingerprint density at radius 2 is 0.505 bits per heavy atom. The minimum Gasteiger partial charge on any atom is -0.507 e. The summed E-state index contributed by atoms with van der Waals surface area (Å²) in [5, 5.41) is 46.5. The molecule has 0 aliphatic carbocycles. The largest absolute Gasteiger partial charge is 0.507 e. The van der Waals surface area contributed by atoms with Gasteiger partial charge in [0, 0.05) is 137 Å². The second-order valence-corrected chi connectivity index (χ2v) is 24.2. The third kappa shape index (κ3) is 20.4. The molecule has 0 fully saturated rings. The maximum absolute atomic E-state index is 13.9. The van der Waals surface area contributed by atoms with Crippen molar-refractivity contribution in [3.05, 3.63) is 231 Å². The smallest absolute Gasteiger partial charge is 0.255 e. The van der Waals surface area contributed by atoms with Gasteiger partial charge >= 0.3 is 0 Å². The van der Waals surface area contributed by atoms with Crippen molar-refractivity contribution in [3.8, 4) is 51.4 Å². The predicted octanol–water partition coefficient (Wildman–Crippen LogP) is 5.50. The summed E-state index contributed by atoms with van der Waals surface area (Å²) in [6.07, 6.45) is 8.51. The van der Waals surface area contributed by atoms with Crippen molar-refractivity contribution in [1.29, 1.82) is 0 Å². The fourth-order valence-electron chi connectivity index (χ4n) is 10.4. The number of aromatic hydroxyl groups is 3. The van der Waals surface area contributed by atoms with Crippen LogP contribution in [-0.2, 0) is 0 Å². The molecule has 3 aromatic carbocycles. The van der Waals surface area contributed by atoms with Crippen molar-refractivity contribution in [2.45, 2.75) is 20.8 Å². The van der Waals surface area contributed by atoms with Crippen molar-refractivity contribution in [2.75, 3.05) is 99.7 Å². The molecule has 0 saturated carbocycles. The van der Waals surface area contributed by atoms with E-state index in [9.17, 15) is 58.5 Å². The van der Waals surface area contributed by atoms with E-state index in [1.165, 1.54) is 73.6 Å². The number of nitrogens with zero attached hydrogens (tertiary/aromatic N) is 10. The number of hydrogen-bond acceptors (Lipinski definition) is 19. The van der Waals surface area contributed by atoms with Crippen LogP contribution in [0.1, 0.15) is 110 Å². The van der Waals surface area contributed by atoms with Gasteiger partial charge in [-0.25, -0.2) is 0 Å². The van der Waals surface area contributed by atoms with Crippen LogP contribution in [-0.4, -0.2) is 218 Å². The molecule has 9 amide bonds. The number of aromatic nitrogens is 6. The molecule has 530 valence electrons. The van der Waals surface area contributed by atoms with E-state index < -0.39 is 35.4 Å². The molecular formula is C75H78N16O12. The molecule has 9 N–H and O–H groups in total. The molecule has 9 aromatic rings. The van der Waals surface area contributed by atoms with Gasteiger partial charge in [-0.2, -0.15) is 0 Å². The minimum absolute atomic E-state index is 0.117. The number of likely N-dealkylation sites (N-methyl/N-ethyl adjacent to an activating group) is 3. The van der Waals surface area contributed by atoms with Gasteiger partial charge in [-0.3, -0.25) is 78.0 Å². The quantitative estimate of drug-likeness (QED) is 0.0251. The predicted molar refractivity (Wildman–Crippen MR) is 382 cm³/mol. The van der Waals surface area contributed by atoms with E-state index in [0.29, 0.717) is 70.5 Å². The summed E-state index contributed by atoms with van der Waals surface area (Å²) in [7, 11) is 4.97. The number of phenols is 3. The fraction of sp³-hybridized carbons (Fsp3) is 0.240. The van der Waals surface area contributed by atoms with Crippen molar-refractivity contribution >= 4 is 53.2 Å². The Morgan fingerprint density at radius 3 is 0.709 bits per heavy atom. The van der Waals surface area contributed by atoms with Crippen LogP contribution >= 0.6 is 0 Å². The lowest BCUT2D eigenvalue weighted by Gasteiger charge is -2.29. The van der Waals surface area contributed by atoms with Crippen LogP contribution in [0, 0.1) is 20.8 Å². The molecule has 28 heteroatoms. The molecule has 0 unspecified atom stereocenters. The van der Waals surface area contributed by atoms with E-state index in [-0.39, 0.29) is 127 Å². The Hall–Kier alpha value is -12.9. The highest BCUT2D eigenvalue weighted by atomic mass is 16.3. The average molecular weight is 1400 g/mol. The number of pyridine rings is 6. The van der Waals surface area contributed by atoms with Crippen molar-refractivity contribution in [2.24, 2.45) is 0 Å². The normalized spacial score (nSPS) is 10.9. The van der Waals surface area contributed by atoms with Gasteiger partial charge in [0.15, 0.2) is 0 Å². The lowest BCUT2D eigenvalue weighted by molar-refractivity contribution is 0.0732. The Bertz CT molecular complexity index is 4090. The Labute approximate surface area is 593 Å². The number of benzene rings is 3. The van der Waals surface area contributed by atoms with Crippen LogP contribution in [0.15, 0.2) is 165 Å². The molecule has 0 aliphatic heterocycles. The molecule has 6 aromatic heterocycles. The number of hydrogen-bond donors (Lipinski definition) is 9. The van der Waals surface area contributed by atoms with Gasteiger partial charge in [0.25, 0.3) is 53.2 Å². The molecule has 0 spiro atoms. The summed E-state index contributed by atoms with van der Waals surface area (Å²) in [5.74, 6) is -4.04. The third-order valence-electron chi connectivity index (χ3n) is 16.5. The highest BCUT2D eigenvalue weighted by Gasteiger charge is 2.22. The summed E-state index contributed by atoms with van der Waals surface area (Å²) in [6, 6.07) is 33.6. The third-order valence-corrected chi connectivity index (χ3v) is 16.5. The molecule has 6 heterocycles. The molecule has 103 heavy (non-hydrogen) atoms. The summed E-state index contributed by atoms with van der Waals surface area (Å²) >= 11 is 0. The van der Waals surface area contributed by atoms with Crippen LogP contribution in [0.25, 0.3) is 34.2 Å². The van der Waals surface area contributed by atoms with E-state index >= 15 is 0 Å². The average Bonchev–Trinajstić information content (AvgIpc) is 0.849. The Morgan fingerprint density at radius 1 is 0.291 bits per heavy atom. The zero-order valence-corrected chi connectivity index (χ0v) is 57.6. The number of carbonyl (C=O) groups excluding carboxylic acids is 9. The molecule has 0 bridgehead atoms. The number of aryl methyl sites for hydroxylation is 3. The summed E-state index contributed by atoms with van der Waals surface area (Å²) in [4.78, 5) is 151. The van der Waals surface area contributed by atoms with E-state index in [1.54, 1.807) is 148 Å². The summed E-state index contributed by atoms with van der Waals surface area (Å²) in [6.45, 7) is 7.82. The first-order valence-corrected chi connectivity index (χ1v) is 32.8. The van der Waals surface area contributed by atoms with Crippen molar-refractivity contribution < 1.29 is 58.5 Å². The Balaban J connectivity index is 0.777. The molecule has 0 aliphatic rings. The van der Waals surface area contributed by atoms with Gasteiger partial charge in [0.1, 0.15) is 17.2 Å². The van der Waals surface area contributed by atoms with Gasteiger partial charge < -0.3 is 61.9 Å². The topological polar surface area (TPSA) is 377 Å². The standard InChI is InChI=1S/C75H78N16O12/c1-46-7-16-55(64(92)37-46)70(98)79-28-25-76-67(95)49-10-19-58(82-40-49)61-22-13-52(43-85-61)73(101)88(4)31-34-91(35-32-89(5)74(102)53-14-23-62(86-44-53)59-20-11-50(41-83-59)68(96)77-26-29-80-71(99)56-17-8-47(2)38-65(56)93)36-33-90(6)75(103)54-15-24-63(87-45-54)60-21-12-51(42-84-60)69(97)78-27-30-81-72(100)57-18-9-48(3)39-66(57)94/h7-24,37-45,92-94H,25-36H2,1-6H3,(H,76,95)(H,77,96)(H,78,97)(H,79,98)(H,80,99)(H,81,100). The van der Waals surface area contributed by atoms with E-state index in [2.05, 4.69) is 61.8 Å². The van der Waals surface area contributed by atoms with Crippen LogP contribution in [0.2, 0.25) is 0 Å². The monoisotopic (exact) mass is 1390 g/mol. The number of rotatable bonds is 30. The van der Waals surface area contributed by atoms with E-state index in [4.69, 9.17) is 0 Å². The first-order chi connectivity index (χ1) is 49.5. The highest BCUT2D eigenvalue weighted by molar-refractivity contribution is 6.00. The Kier molecular flexibility index (Phi) is 25.5. The second-order valence-electron chi connectivity index (χ2n) is 24.2. The zero-order valence-electron chi connectivity index (χ0n) is 57.6. The van der Waals surface area contributed by atoms with E-state index in [1.807, 2.05) is 4.90 Å². The highest BCUT2D eigenvalue weighted by Crippen LogP contribution is 2.23. The van der Waals surface area contributed by atoms with Gasteiger partial charge in [0.05, 0.1) is 84.2 Å². The van der Waals surface area contributed by atoms with Crippen molar-refractivity contribution in [1.82, 2.24) is 81.4 Å². The first kappa shape index (κ1) is 74.4. The maximum atomic E-state index is 13.9. The van der Waals surface area contributed by atoms with Crippen LogP contribution in [0.5, 0.6) is 17.2 Å². The zero-order chi connectivity index (χ0) is 73.7. The minimum atomic E-state index is -0.475. The van der Waals surface area contributed by atoms with Crippen LogP contribution < -0.4 is 31.9 Å². The molecule has 0 atom stereocenters. The van der Waals surface area contributed by atoms with Gasteiger partial charge in [0.2, 0.25) is 0 Å². The lowest BCUT2D eigenvalue weighted by atomic mass is 10.1. The van der Waals surface area contributed by atoms with Gasteiger partial charge in [-0.05, 0) is 147 Å². The number of phenolic OH excluding ortho intramolecular Hbond substituents is 3. The first-order valence-electron chi connectivity index (χ1n) is 32.8. The molecule has 0 saturated heterocycles. The molecule has 28 nitrogen and oxygen atoms in total. The fourth-order valence-corrected chi connectivity index (χ4v) is 10.4. The van der Waals surface area contributed by atoms with Crippen molar-refractivity contribution in [3.63, 3.8) is 0 Å². The van der Waals surface area contributed by atoms with E-state index in [0.717, 1.165) is 16.7 Å².